The molecule has 0 unspecified atom stereocenters. The number of carbonyl (C=O) groups excluding carboxylic acids is 1. The fourth-order valence-corrected chi connectivity index (χ4v) is 3.16. The lowest BCUT2D eigenvalue weighted by Crippen LogP contribution is -2.30. The summed E-state index contributed by atoms with van der Waals surface area (Å²) in [5, 5.41) is 8.55. The van der Waals surface area contributed by atoms with Crippen LogP contribution in [0.4, 0.5) is 0 Å². The summed E-state index contributed by atoms with van der Waals surface area (Å²) >= 11 is 1.30. The average Bonchev–Trinajstić information content (AvgIpc) is 2.86. The van der Waals surface area contributed by atoms with E-state index in [-0.39, 0.29) is 16.6 Å². The minimum absolute atomic E-state index is 0.0130. The van der Waals surface area contributed by atoms with E-state index < -0.39 is 0 Å². The summed E-state index contributed by atoms with van der Waals surface area (Å²) in [5.74, 6) is 6.73. The number of benzene rings is 1. The van der Waals surface area contributed by atoms with Crippen molar-refractivity contribution in [2.45, 2.75) is 43.5 Å². The molecular formula is C17H25N5OS. The Hall–Kier alpha value is -2.02. The molecule has 1 aromatic heterocycles. The molecule has 2 N–H and O–H groups in total. The molecule has 0 aliphatic heterocycles. The van der Waals surface area contributed by atoms with Gasteiger partial charge in [-0.15, -0.1) is 10.2 Å². The Bertz CT molecular complexity index is 716. The van der Waals surface area contributed by atoms with E-state index in [0.717, 1.165) is 5.56 Å². The van der Waals surface area contributed by atoms with Gasteiger partial charge in [-0.3, -0.25) is 4.79 Å². The van der Waals surface area contributed by atoms with Gasteiger partial charge < -0.3 is 10.7 Å². The summed E-state index contributed by atoms with van der Waals surface area (Å²) in [5.41, 5.74) is 2.24. The number of nitrogen functional groups attached to an aromatic ring is 1. The van der Waals surface area contributed by atoms with Gasteiger partial charge in [0.05, 0.1) is 5.25 Å². The van der Waals surface area contributed by atoms with Crippen molar-refractivity contribution in [1.82, 2.24) is 19.8 Å². The molecule has 130 valence electrons. The number of carbonyl (C=O) groups is 1. The summed E-state index contributed by atoms with van der Waals surface area (Å²) in [6.45, 7) is 8.35. The Labute approximate surface area is 147 Å². The van der Waals surface area contributed by atoms with Crippen LogP contribution in [0.2, 0.25) is 0 Å². The van der Waals surface area contributed by atoms with Gasteiger partial charge in [0.2, 0.25) is 11.1 Å². The van der Waals surface area contributed by atoms with Gasteiger partial charge in [-0.25, -0.2) is 4.68 Å². The number of nitrogens with zero attached hydrogens (tertiary/aromatic N) is 4. The lowest BCUT2D eigenvalue weighted by atomic mass is 9.87. The molecule has 1 atom stereocenters. The highest BCUT2D eigenvalue weighted by atomic mass is 32.2. The van der Waals surface area contributed by atoms with E-state index in [0.29, 0.717) is 11.0 Å². The second-order valence-electron chi connectivity index (χ2n) is 7.00. The fourth-order valence-electron chi connectivity index (χ4n) is 2.25. The summed E-state index contributed by atoms with van der Waals surface area (Å²) < 4.78 is 1.44. The van der Waals surface area contributed by atoms with Gasteiger partial charge in [0.25, 0.3) is 0 Å². The lowest BCUT2D eigenvalue weighted by molar-refractivity contribution is -0.127. The maximum absolute atomic E-state index is 12.0. The molecule has 1 aromatic carbocycles. The van der Waals surface area contributed by atoms with E-state index >= 15 is 0 Å². The van der Waals surface area contributed by atoms with Crippen LogP contribution >= 0.6 is 11.8 Å². The normalized spacial score (nSPS) is 12.9. The summed E-state index contributed by atoms with van der Waals surface area (Å²) in [6.07, 6.45) is 0. The molecule has 6 nitrogen and oxygen atoms in total. The lowest BCUT2D eigenvalue weighted by Gasteiger charge is -2.19. The van der Waals surface area contributed by atoms with Gasteiger partial charge in [-0.05, 0) is 17.9 Å². The van der Waals surface area contributed by atoms with Gasteiger partial charge in [-0.1, -0.05) is 56.8 Å². The van der Waals surface area contributed by atoms with Crippen LogP contribution in [0, 0.1) is 0 Å². The number of rotatable bonds is 4. The number of amides is 1. The zero-order valence-corrected chi connectivity index (χ0v) is 15.9. The van der Waals surface area contributed by atoms with Crippen molar-refractivity contribution in [1.29, 1.82) is 0 Å². The first kappa shape index (κ1) is 18.3. The molecule has 0 aliphatic carbocycles. The zero-order valence-electron chi connectivity index (χ0n) is 15.1. The third kappa shape index (κ3) is 3.90. The molecule has 0 fully saturated rings. The van der Waals surface area contributed by atoms with E-state index in [9.17, 15) is 4.79 Å². The van der Waals surface area contributed by atoms with Crippen molar-refractivity contribution in [2.24, 2.45) is 0 Å². The third-order valence-corrected chi connectivity index (χ3v) is 4.79. The maximum atomic E-state index is 12.0. The van der Waals surface area contributed by atoms with E-state index in [1.807, 2.05) is 19.1 Å². The van der Waals surface area contributed by atoms with E-state index in [1.54, 1.807) is 19.0 Å². The molecule has 0 saturated carbocycles. The van der Waals surface area contributed by atoms with Crippen LogP contribution in [0.1, 0.15) is 33.3 Å². The van der Waals surface area contributed by atoms with Crippen molar-refractivity contribution < 1.29 is 4.79 Å². The first-order valence-electron chi connectivity index (χ1n) is 7.80. The van der Waals surface area contributed by atoms with Gasteiger partial charge in [-0.2, -0.15) is 0 Å². The van der Waals surface area contributed by atoms with E-state index in [4.69, 9.17) is 5.84 Å². The predicted octanol–water partition coefficient (Wildman–Crippen LogP) is 2.53. The highest BCUT2D eigenvalue weighted by molar-refractivity contribution is 8.00. The summed E-state index contributed by atoms with van der Waals surface area (Å²) in [4.78, 5) is 13.5. The van der Waals surface area contributed by atoms with Crippen LogP contribution in [-0.2, 0) is 10.2 Å². The molecule has 0 aliphatic rings. The second-order valence-corrected chi connectivity index (χ2v) is 8.30. The molecule has 1 heterocycles. The van der Waals surface area contributed by atoms with Crippen molar-refractivity contribution >= 4 is 17.7 Å². The molecule has 2 rings (SSSR count). The predicted molar refractivity (Wildman–Crippen MR) is 98.3 cm³/mol. The summed E-state index contributed by atoms with van der Waals surface area (Å²) in [7, 11) is 3.46. The molecule has 0 bridgehead atoms. The van der Waals surface area contributed by atoms with Crippen LogP contribution < -0.4 is 5.84 Å². The van der Waals surface area contributed by atoms with Crippen LogP contribution in [0.3, 0.4) is 0 Å². The van der Waals surface area contributed by atoms with Crippen molar-refractivity contribution in [3.05, 3.63) is 29.8 Å². The van der Waals surface area contributed by atoms with Crippen molar-refractivity contribution in [2.75, 3.05) is 19.9 Å². The molecule has 1 amide bonds. The molecule has 24 heavy (non-hydrogen) atoms. The van der Waals surface area contributed by atoms with E-state index in [2.05, 4.69) is 43.1 Å². The minimum atomic E-state index is -0.275. The third-order valence-electron chi connectivity index (χ3n) is 3.74. The Kier molecular flexibility index (Phi) is 5.22. The number of hydrogen-bond acceptors (Lipinski definition) is 5. The van der Waals surface area contributed by atoms with Crippen molar-refractivity contribution in [3.8, 4) is 11.4 Å². The fraction of sp³-hybridized carbons (Fsp3) is 0.471. The zero-order chi connectivity index (χ0) is 18.1. The number of aromatic nitrogens is 3. The molecule has 0 radical (unpaired) electrons. The Morgan fingerprint density at radius 3 is 2.29 bits per heavy atom. The highest BCUT2D eigenvalue weighted by Crippen LogP contribution is 2.27. The number of nitrogens with two attached hydrogens (primary N) is 1. The largest absolute Gasteiger partial charge is 0.348 e. The van der Waals surface area contributed by atoms with Gasteiger partial charge >= 0.3 is 0 Å². The SMILES string of the molecule is C[C@H](Sc1nnc(-c2ccc(C(C)(C)C)cc2)n1N)C(=O)N(C)C. The monoisotopic (exact) mass is 347 g/mol. The molecular weight excluding hydrogens is 322 g/mol. The maximum Gasteiger partial charge on any atom is 0.235 e. The Balaban J connectivity index is 2.22. The van der Waals surface area contributed by atoms with Crippen LogP contribution in [0.15, 0.2) is 29.4 Å². The first-order chi connectivity index (χ1) is 11.1. The second kappa shape index (κ2) is 6.84. The van der Waals surface area contributed by atoms with Gasteiger partial charge in [0, 0.05) is 19.7 Å². The summed E-state index contributed by atoms with van der Waals surface area (Å²) in [6, 6.07) is 8.15. The first-order valence-corrected chi connectivity index (χ1v) is 8.68. The molecule has 0 spiro atoms. The molecule has 7 heteroatoms. The van der Waals surface area contributed by atoms with Crippen LogP contribution in [-0.4, -0.2) is 45.0 Å². The van der Waals surface area contributed by atoms with Crippen LogP contribution in [0.5, 0.6) is 0 Å². The Morgan fingerprint density at radius 2 is 1.79 bits per heavy atom. The highest BCUT2D eigenvalue weighted by Gasteiger charge is 2.21. The number of hydrogen-bond donors (Lipinski definition) is 1. The Morgan fingerprint density at radius 1 is 1.21 bits per heavy atom. The number of thioether (sulfide) groups is 1. The van der Waals surface area contributed by atoms with Gasteiger partial charge in [0.1, 0.15) is 0 Å². The average molecular weight is 347 g/mol. The van der Waals surface area contributed by atoms with Crippen molar-refractivity contribution in [3.63, 3.8) is 0 Å². The van der Waals surface area contributed by atoms with E-state index in [1.165, 1.54) is 22.0 Å². The smallest absolute Gasteiger partial charge is 0.235 e. The molecule has 2 aromatic rings. The van der Waals surface area contributed by atoms with Gasteiger partial charge in [0.15, 0.2) is 5.82 Å². The quantitative estimate of drug-likeness (QED) is 0.679. The van der Waals surface area contributed by atoms with Crippen LogP contribution in [0.25, 0.3) is 11.4 Å². The minimum Gasteiger partial charge on any atom is -0.348 e. The molecule has 0 saturated heterocycles. The topological polar surface area (TPSA) is 77.0 Å². The standard InChI is InChI=1S/C17H25N5OS/c1-11(15(23)21(5)6)24-16-20-19-14(22(16)18)12-7-9-13(10-8-12)17(2,3)4/h7-11H,18H2,1-6H3/t11-/m0/s1.